The van der Waals surface area contributed by atoms with Crippen LogP contribution in [0.1, 0.15) is 67.3 Å². The number of ether oxygens (including phenoxy) is 1. The lowest BCUT2D eigenvalue weighted by Crippen LogP contribution is -2.41. The lowest BCUT2D eigenvalue weighted by atomic mass is 9.85. The SMILES string of the molecule is CC(=O)OCc1c(-c2cc(NC(=O)C3CCC3)c(=O)n(C)c2)ccnc1N1CCn2c(cc3c2CC(C)(C)C3)C1=O. The number of esters is 1. The van der Waals surface area contributed by atoms with Crippen molar-refractivity contribution < 1.29 is 19.1 Å². The number of pyridine rings is 2. The molecule has 0 radical (unpaired) electrons. The van der Waals surface area contributed by atoms with Crippen LogP contribution in [0.25, 0.3) is 11.1 Å². The zero-order valence-corrected chi connectivity index (χ0v) is 24.0. The van der Waals surface area contributed by atoms with Gasteiger partial charge in [0.1, 0.15) is 23.8 Å². The molecule has 0 atom stereocenters. The molecule has 0 bridgehead atoms. The zero-order valence-electron chi connectivity index (χ0n) is 24.0. The van der Waals surface area contributed by atoms with Crippen LogP contribution in [0, 0.1) is 11.3 Å². The van der Waals surface area contributed by atoms with Gasteiger partial charge in [0, 0.05) is 62.2 Å². The lowest BCUT2D eigenvalue weighted by molar-refractivity contribution is -0.142. The van der Waals surface area contributed by atoms with E-state index < -0.39 is 5.97 Å². The van der Waals surface area contributed by atoms with Crippen molar-refractivity contribution in [1.29, 1.82) is 0 Å². The number of nitrogens with zero attached hydrogens (tertiary/aromatic N) is 4. The molecule has 10 nitrogen and oxygen atoms in total. The Bertz CT molecular complexity index is 1640. The van der Waals surface area contributed by atoms with Gasteiger partial charge < -0.3 is 19.2 Å². The third kappa shape index (κ3) is 4.85. The number of rotatable bonds is 6. The first kappa shape index (κ1) is 27.0. The van der Waals surface area contributed by atoms with Crippen molar-refractivity contribution in [3.05, 3.63) is 63.5 Å². The largest absolute Gasteiger partial charge is 0.461 e. The zero-order chi connectivity index (χ0) is 29.1. The van der Waals surface area contributed by atoms with Crippen LogP contribution in [0.5, 0.6) is 0 Å². The van der Waals surface area contributed by atoms with E-state index in [1.807, 2.05) is 6.07 Å². The third-order valence-electron chi connectivity index (χ3n) is 8.56. The van der Waals surface area contributed by atoms with E-state index in [1.165, 1.54) is 22.7 Å². The number of amides is 2. The van der Waals surface area contributed by atoms with E-state index in [0.717, 1.165) is 32.1 Å². The molecular formula is C31H35N5O5. The number of carbonyl (C=O) groups excluding carboxylic acids is 3. The molecule has 6 rings (SSSR count). The van der Waals surface area contributed by atoms with Crippen LogP contribution in [0.15, 0.2) is 35.4 Å². The molecule has 0 unspecified atom stereocenters. The number of aromatic nitrogens is 3. The second-order valence-electron chi connectivity index (χ2n) is 12.2. The molecule has 3 aromatic heterocycles. The normalized spacial score (nSPS) is 17.6. The van der Waals surface area contributed by atoms with Gasteiger partial charge in [-0.25, -0.2) is 4.98 Å². The number of aryl methyl sites for hydroxylation is 1. The summed E-state index contributed by atoms with van der Waals surface area (Å²) >= 11 is 0. The molecule has 2 aliphatic carbocycles. The fourth-order valence-corrected chi connectivity index (χ4v) is 6.27. The van der Waals surface area contributed by atoms with Gasteiger partial charge in [0.05, 0.1) is 0 Å². The Labute approximate surface area is 238 Å². The molecule has 2 amide bonds. The molecule has 1 N–H and O–H groups in total. The summed E-state index contributed by atoms with van der Waals surface area (Å²) in [5, 5.41) is 2.81. The van der Waals surface area contributed by atoms with E-state index in [0.29, 0.717) is 41.3 Å². The predicted octanol–water partition coefficient (Wildman–Crippen LogP) is 3.84. The summed E-state index contributed by atoms with van der Waals surface area (Å²) in [5.74, 6) is -0.426. The molecule has 41 heavy (non-hydrogen) atoms. The minimum atomic E-state index is -0.461. The maximum atomic E-state index is 13.9. The summed E-state index contributed by atoms with van der Waals surface area (Å²) in [6.07, 6.45) is 7.81. The molecule has 0 spiro atoms. The maximum absolute atomic E-state index is 13.9. The molecule has 10 heteroatoms. The van der Waals surface area contributed by atoms with E-state index in [2.05, 4.69) is 28.7 Å². The summed E-state index contributed by atoms with van der Waals surface area (Å²) in [5.41, 5.74) is 5.00. The Balaban J connectivity index is 1.39. The first-order valence-electron chi connectivity index (χ1n) is 14.2. The first-order chi connectivity index (χ1) is 19.5. The number of nitrogens with one attached hydrogen (secondary N) is 1. The molecule has 0 aromatic carbocycles. The predicted molar refractivity (Wildman–Crippen MR) is 154 cm³/mol. The van der Waals surface area contributed by atoms with Crippen molar-refractivity contribution in [2.45, 2.75) is 66.0 Å². The Kier molecular flexibility index (Phi) is 6.59. The Morgan fingerprint density at radius 3 is 2.63 bits per heavy atom. The van der Waals surface area contributed by atoms with Gasteiger partial charge in [-0.15, -0.1) is 0 Å². The van der Waals surface area contributed by atoms with Gasteiger partial charge in [-0.2, -0.15) is 0 Å². The van der Waals surface area contributed by atoms with Gasteiger partial charge >= 0.3 is 5.97 Å². The average Bonchev–Trinajstić information content (AvgIpc) is 3.36. The minimum Gasteiger partial charge on any atom is -0.461 e. The molecule has 3 aromatic rings. The average molecular weight is 558 g/mol. The van der Waals surface area contributed by atoms with E-state index in [-0.39, 0.29) is 41.0 Å². The second kappa shape index (κ2) is 10.0. The molecule has 1 aliphatic heterocycles. The van der Waals surface area contributed by atoms with Crippen LogP contribution < -0.4 is 15.8 Å². The molecule has 4 heterocycles. The summed E-state index contributed by atoms with van der Waals surface area (Å²) in [7, 11) is 1.63. The van der Waals surface area contributed by atoms with Crippen molar-refractivity contribution in [1.82, 2.24) is 14.1 Å². The van der Waals surface area contributed by atoms with Gasteiger partial charge in [0.2, 0.25) is 5.91 Å². The van der Waals surface area contributed by atoms with E-state index in [9.17, 15) is 19.2 Å². The smallest absolute Gasteiger partial charge is 0.302 e. The van der Waals surface area contributed by atoms with Gasteiger partial charge in [0.15, 0.2) is 0 Å². The van der Waals surface area contributed by atoms with Gasteiger partial charge in [-0.3, -0.25) is 24.1 Å². The van der Waals surface area contributed by atoms with Crippen molar-refractivity contribution in [3.63, 3.8) is 0 Å². The monoisotopic (exact) mass is 557 g/mol. The number of anilines is 2. The minimum absolute atomic E-state index is 0.0769. The highest BCUT2D eigenvalue weighted by molar-refractivity contribution is 6.06. The van der Waals surface area contributed by atoms with Crippen LogP contribution in [0.4, 0.5) is 11.5 Å². The van der Waals surface area contributed by atoms with E-state index in [1.54, 1.807) is 36.5 Å². The van der Waals surface area contributed by atoms with Crippen LogP contribution >= 0.6 is 0 Å². The highest BCUT2D eigenvalue weighted by Crippen LogP contribution is 2.40. The molecule has 1 fully saturated rings. The maximum Gasteiger partial charge on any atom is 0.302 e. The van der Waals surface area contributed by atoms with Crippen molar-refractivity contribution in [2.24, 2.45) is 18.4 Å². The summed E-state index contributed by atoms with van der Waals surface area (Å²) < 4.78 is 9.00. The fraction of sp³-hybridized carbons (Fsp3) is 0.452. The second-order valence-corrected chi connectivity index (χ2v) is 12.2. The van der Waals surface area contributed by atoms with Crippen LogP contribution in [-0.2, 0) is 47.4 Å². The number of hydrogen-bond donors (Lipinski definition) is 1. The first-order valence-corrected chi connectivity index (χ1v) is 14.2. The van der Waals surface area contributed by atoms with Crippen LogP contribution in [0.2, 0.25) is 0 Å². The van der Waals surface area contributed by atoms with Crippen molar-refractivity contribution >= 4 is 29.3 Å². The standard InChI is InChI=1S/C31H35N5O5/c1-18(37)41-17-23-22(21-12-24(29(39)34(4)16-21)33-28(38)19-6-5-7-19)8-9-32-27(23)36-11-10-35-25(30(36)40)13-20-14-31(2,3)15-26(20)35/h8-9,12-13,16,19H,5-7,10-11,14-15,17H2,1-4H3,(H,33,38). The molecule has 214 valence electrons. The van der Waals surface area contributed by atoms with E-state index >= 15 is 0 Å². The van der Waals surface area contributed by atoms with E-state index in [4.69, 9.17) is 4.74 Å². The molecule has 0 saturated heterocycles. The summed E-state index contributed by atoms with van der Waals surface area (Å²) in [4.78, 5) is 57.5. The van der Waals surface area contributed by atoms with Gasteiger partial charge in [0.25, 0.3) is 11.5 Å². The number of fused-ring (bicyclic) bond motifs is 3. The topological polar surface area (TPSA) is 116 Å². The van der Waals surface area contributed by atoms with Gasteiger partial charge in [-0.1, -0.05) is 20.3 Å². The Hall–Kier alpha value is -4.21. The molecule has 3 aliphatic rings. The van der Waals surface area contributed by atoms with Crippen molar-refractivity contribution in [2.75, 3.05) is 16.8 Å². The van der Waals surface area contributed by atoms with Crippen LogP contribution in [-0.4, -0.2) is 38.4 Å². The molecule has 1 saturated carbocycles. The quantitative estimate of drug-likeness (QED) is 0.461. The summed E-state index contributed by atoms with van der Waals surface area (Å²) in [6, 6.07) is 5.43. The fourth-order valence-electron chi connectivity index (χ4n) is 6.27. The summed E-state index contributed by atoms with van der Waals surface area (Å²) in [6.45, 7) is 6.79. The Morgan fingerprint density at radius 1 is 1.15 bits per heavy atom. The number of carbonyl (C=O) groups is 3. The molecular weight excluding hydrogens is 522 g/mol. The highest BCUT2D eigenvalue weighted by Gasteiger charge is 2.37. The third-order valence-corrected chi connectivity index (χ3v) is 8.56. The highest BCUT2D eigenvalue weighted by atomic mass is 16.5. The Morgan fingerprint density at radius 2 is 1.93 bits per heavy atom. The van der Waals surface area contributed by atoms with Crippen LogP contribution in [0.3, 0.4) is 0 Å². The number of hydrogen-bond acceptors (Lipinski definition) is 6. The lowest BCUT2D eigenvalue weighted by Gasteiger charge is -2.31. The van der Waals surface area contributed by atoms with Crippen molar-refractivity contribution in [3.8, 4) is 11.1 Å². The van der Waals surface area contributed by atoms with Gasteiger partial charge in [-0.05, 0) is 60.4 Å².